The Morgan fingerprint density at radius 2 is 2.06 bits per heavy atom. The minimum absolute atomic E-state index is 0.227. The lowest BCUT2D eigenvalue weighted by molar-refractivity contribution is -0.135. The Kier molecular flexibility index (Phi) is 3.57. The number of nitrogens with one attached hydrogen (secondary N) is 1. The van der Waals surface area contributed by atoms with E-state index in [2.05, 4.69) is 5.32 Å². The Morgan fingerprint density at radius 1 is 1.33 bits per heavy atom. The van der Waals surface area contributed by atoms with Crippen molar-refractivity contribution in [3.05, 3.63) is 22.7 Å². The number of ether oxygens (including phenoxy) is 2. The highest BCUT2D eigenvalue weighted by Crippen LogP contribution is 2.38. The van der Waals surface area contributed by atoms with Gasteiger partial charge in [-0.15, -0.1) is 0 Å². The highest BCUT2D eigenvalue weighted by Gasteiger charge is 2.19. The van der Waals surface area contributed by atoms with Crippen LogP contribution in [0.15, 0.2) is 12.1 Å². The zero-order valence-electron chi connectivity index (χ0n) is 9.23. The van der Waals surface area contributed by atoms with Gasteiger partial charge in [-0.3, -0.25) is 9.59 Å². The van der Waals surface area contributed by atoms with E-state index >= 15 is 0 Å². The molecule has 0 saturated heterocycles. The molecule has 1 aromatic rings. The molecule has 2 rings (SSSR count). The number of carbonyl (C=O) groups is 2. The number of halogens is 1. The summed E-state index contributed by atoms with van der Waals surface area (Å²) in [6.07, 6.45) is 0. The highest BCUT2D eigenvalue weighted by molar-refractivity contribution is 6.32. The molecule has 0 bridgehead atoms. The summed E-state index contributed by atoms with van der Waals surface area (Å²) in [5.41, 5.74) is 0.227. The van der Waals surface area contributed by atoms with E-state index in [0.29, 0.717) is 24.7 Å². The van der Waals surface area contributed by atoms with Gasteiger partial charge in [-0.1, -0.05) is 11.6 Å². The number of aliphatic carboxylic acids is 1. The predicted molar refractivity (Wildman–Crippen MR) is 62.4 cm³/mol. The normalized spacial score (nSPS) is 12.9. The van der Waals surface area contributed by atoms with Crippen molar-refractivity contribution in [3.8, 4) is 11.5 Å². The van der Waals surface area contributed by atoms with E-state index in [-0.39, 0.29) is 10.6 Å². The van der Waals surface area contributed by atoms with Gasteiger partial charge < -0.3 is 19.9 Å². The van der Waals surface area contributed by atoms with Crippen LogP contribution in [0, 0.1) is 0 Å². The molecule has 0 saturated carbocycles. The number of carbonyl (C=O) groups excluding carboxylic acids is 1. The predicted octanol–water partition coefficient (Wildman–Crippen LogP) is 0.926. The summed E-state index contributed by atoms with van der Waals surface area (Å²) < 4.78 is 10.6. The van der Waals surface area contributed by atoms with Crippen LogP contribution < -0.4 is 14.8 Å². The summed E-state index contributed by atoms with van der Waals surface area (Å²) in [7, 11) is 0. The van der Waals surface area contributed by atoms with Gasteiger partial charge >= 0.3 is 5.97 Å². The van der Waals surface area contributed by atoms with Crippen LogP contribution in [0.25, 0.3) is 0 Å². The number of hydrogen-bond acceptors (Lipinski definition) is 4. The number of fused-ring (bicyclic) bond motifs is 1. The van der Waals surface area contributed by atoms with Crippen LogP contribution in [0.4, 0.5) is 0 Å². The zero-order chi connectivity index (χ0) is 13.1. The maximum atomic E-state index is 11.7. The van der Waals surface area contributed by atoms with E-state index in [1.54, 1.807) is 0 Å². The smallest absolute Gasteiger partial charge is 0.322 e. The molecule has 18 heavy (non-hydrogen) atoms. The third-order valence-corrected chi connectivity index (χ3v) is 2.54. The van der Waals surface area contributed by atoms with Crippen LogP contribution in [0.1, 0.15) is 10.4 Å². The number of benzene rings is 1. The lowest BCUT2D eigenvalue weighted by Crippen LogP contribution is -2.29. The van der Waals surface area contributed by atoms with Gasteiger partial charge in [0.2, 0.25) is 0 Å². The van der Waals surface area contributed by atoms with E-state index in [9.17, 15) is 9.59 Å². The molecule has 1 aliphatic rings. The molecule has 96 valence electrons. The number of carboxylic acid groups (broad SMARTS) is 1. The van der Waals surface area contributed by atoms with Gasteiger partial charge in [-0.25, -0.2) is 0 Å². The van der Waals surface area contributed by atoms with Crippen LogP contribution in [0.2, 0.25) is 5.02 Å². The van der Waals surface area contributed by atoms with Gasteiger partial charge in [0, 0.05) is 5.56 Å². The van der Waals surface area contributed by atoms with E-state index in [1.165, 1.54) is 12.1 Å². The molecular weight excluding hydrogens is 262 g/mol. The fraction of sp³-hybridized carbons (Fsp3) is 0.273. The van der Waals surface area contributed by atoms with Crippen LogP contribution in [-0.2, 0) is 4.79 Å². The van der Waals surface area contributed by atoms with Gasteiger partial charge in [-0.05, 0) is 12.1 Å². The monoisotopic (exact) mass is 271 g/mol. The minimum atomic E-state index is -1.12. The molecule has 1 amide bonds. The molecule has 7 heteroatoms. The average molecular weight is 272 g/mol. The van der Waals surface area contributed by atoms with E-state index in [4.69, 9.17) is 26.2 Å². The Morgan fingerprint density at radius 3 is 2.78 bits per heavy atom. The maximum Gasteiger partial charge on any atom is 0.322 e. The van der Waals surface area contributed by atoms with Gasteiger partial charge in [0.25, 0.3) is 5.91 Å². The highest BCUT2D eigenvalue weighted by atomic mass is 35.5. The number of carboxylic acids is 1. The second kappa shape index (κ2) is 5.14. The van der Waals surface area contributed by atoms with Crippen molar-refractivity contribution in [3.63, 3.8) is 0 Å². The molecule has 2 N–H and O–H groups in total. The quantitative estimate of drug-likeness (QED) is 0.854. The first-order valence-electron chi connectivity index (χ1n) is 5.17. The molecule has 6 nitrogen and oxygen atoms in total. The van der Waals surface area contributed by atoms with E-state index in [0.717, 1.165) is 0 Å². The van der Waals surface area contributed by atoms with Gasteiger partial charge in [-0.2, -0.15) is 0 Å². The van der Waals surface area contributed by atoms with Gasteiger partial charge in [0.05, 0.1) is 5.02 Å². The summed E-state index contributed by atoms with van der Waals surface area (Å²) in [6.45, 7) is 0.325. The van der Waals surface area contributed by atoms with E-state index < -0.39 is 18.4 Å². The van der Waals surface area contributed by atoms with E-state index in [1.807, 2.05) is 0 Å². The molecule has 1 aromatic carbocycles. The molecule has 0 aliphatic carbocycles. The number of rotatable bonds is 3. The Balaban J connectivity index is 2.21. The van der Waals surface area contributed by atoms with Crippen molar-refractivity contribution in [1.82, 2.24) is 5.32 Å². The van der Waals surface area contributed by atoms with Gasteiger partial charge in [0.1, 0.15) is 19.8 Å². The number of hydrogen-bond donors (Lipinski definition) is 2. The van der Waals surface area contributed by atoms with Crippen molar-refractivity contribution in [2.24, 2.45) is 0 Å². The van der Waals surface area contributed by atoms with Crippen molar-refractivity contribution in [1.29, 1.82) is 0 Å². The minimum Gasteiger partial charge on any atom is -0.486 e. The number of amides is 1. The Labute approximate surface area is 107 Å². The maximum absolute atomic E-state index is 11.7. The second-order valence-corrected chi connectivity index (χ2v) is 3.97. The van der Waals surface area contributed by atoms with Crippen molar-refractivity contribution in [2.45, 2.75) is 0 Å². The lowest BCUT2D eigenvalue weighted by Gasteiger charge is -2.20. The standard InChI is InChI=1S/C11H10ClNO5/c12-7-3-6(11(16)13-5-9(14)15)4-8-10(7)18-2-1-17-8/h3-4H,1-2,5H2,(H,13,16)(H,14,15). The first-order chi connectivity index (χ1) is 8.58. The molecular formula is C11H10ClNO5. The Bertz CT molecular complexity index is 502. The van der Waals surface area contributed by atoms with Crippen LogP contribution in [-0.4, -0.2) is 36.7 Å². The molecule has 1 heterocycles. The topological polar surface area (TPSA) is 84.9 Å². The van der Waals surface area contributed by atoms with Crippen molar-refractivity contribution >= 4 is 23.5 Å². The first-order valence-corrected chi connectivity index (χ1v) is 5.55. The van der Waals surface area contributed by atoms with Gasteiger partial charge in [0.15, 0.2) is 11.5 Å². The summed E-state index contributed by atoms with van der Waals surface area (Å²) >= 11 is 5.95. The molecule has 0 aromatic heterocycles. The molecule has 0 fully saturated rings. The fourth-order valence-electron chi connectivity index (χ4n) is 1.50. The van der Waals surface area contributed by atoms with Crippen LogP contribution in [0.5, 0.6) is 11.5 Å². The largest absolute Gasteiger partial charge is 0.486 e. The molecule has 0 atom stereocenters. The Hall–Kier alpha value is -1.95. The summed E-state index contributed by atoms with van der Waals surface area (Å²) in [4.78, 5) is 22.0. The third-order valence-electron chi connectivity index (χ3n) is 2.26. The lowest BCUT2D eigenvalue weighted by atomic mass is 10.2. The van der Waals surface area contributed by atoms with Crippen molar-refractivity contribution in [2.75, 3.05) is 19.8 Å². The molecule has 0 unspecified atom stereocenters. The third kappa shape index (κ3) is 2.65. The first kappa shape index (κ1) is 12.5. The molecule has 0 radical (unpaired) electrons. The summed E-state index contributed by atoms with van der Waals surface area (Å²) in [6, 6.07) is 2.88. The second-order valence-electron chi connectivity index (χ2n) is 3.56. The summed E-state index contributed by atoms with van der Waals surface area (Å²) in [5, 5.41) is 11.0. The van der Waals surface area contributed by atoms with Crippen LogP contribution >= 0.6 is 11.6 Å². The molecule has 1 aliphatic heterocycles. The SMILES string of the molecule is O=C(O)CNC(=O)c1cc(Cl)c2c(c1)OCCO2. The fourth-order valence-corrected chi connectivity index (χ4v) is 1.77. The molecule has 0 spiro atoms. The zero-order valence-corrected chi connectivity index (χ0v) is 9.99. The average Bonchev–Trinajstić information content (AvgIpc) is 2.36. The van der Waals surface area contributed by atoms with Crippen molar-refractivity contribution < 1.29 is 24.2 Å². The summed E-state index contributed by atoms with van der Waals surface area (Å²) in [5.74, 6) is -0.866. The van der Waals surface area contributed by atoms with Crippen LogP contribution in [0.3, 0.4) is 0 Å².